The summed E-state index contributed by atoms with van der Waals surface area (Å²) in [6, 6.07) is 10.7. The summed E-state index contributed by atoms with van der Waals surface area (Å²) in [5.41, 5.74) is -0.300. The van der Waals surface area contributed by atoms with E-state index in [1.54, 1.807) is 24.3 Å². The monoisotopic (exact) mass is 423 g/mol. The third kappa shape index (κ3) is 6.89. The lowest BCUT2D eigenvalue weighted by Crippen LogP contribution is -2.48. The second-order valence-electron chi connectivity index (χ2n) is 6.64. The quantitative estimate of drug-likeness (QED) is 0.426. The van der Waals surface area contributed by atoms with Crippen molar-refractivity contribution in [3.63, 3.8) is 0 Å². The Kier molecular flexibility index (Phi) is 8.02. The van der Waals surface area contributed by atoms with Crippen molar-refractivity contribution >= 4 is 18.8 Å². The van der Waals surface area contributed by atoms with E-state index in [4.69, 9.17) is 4.74 Å². The van der Waals surface area contributed by atoms with Crippen LogP contribution in [0.2, 0.25) is 0 Å². The number of amides is 1. The Morgan fingerprint density at radius 3 is 2.33 bits per heavy atom. The molecule has 0 saturated carbocycles. The second-order valence-corrected chi connectivity index (χ2v) is 6.64. The van der Waals surface area contributed by atoms with Crippen LogP contribution in [-0.4, -0.2) is 41.9 Å². The van der Waals surface area contributed by atoms with Gasteiger partial charge in [-0.2, -0.15) is 13.2 Å². The molecule has 1 amide bonds. The van der Waals surface area contributed by atoms with Crippen LogP contribution in [-0.2, 0) is 17.4 Å². The zero-order valence-electron chi connectivity index (χ0n) is 16.1. The molecule has 0 spiro atoms. The van der Waals surface area contributed by atoms with Crippen molar-refractivity contribution in [3.8, 4) is 5.75 Å². The topological polar surface area (TPSA) is 95.9 Å². The maximum absolute atomic E-state index is 12.8. The first kappa shape index (κ1) is 23.4. The van der Waals surface area contributed by atoms with E-state index >= 15 is 0 Å². The summed E-state index contributed by atoms with van der Waals surface area (Å²) in [6.45, 7) is 0. The van der Waals surface area contributed by atoms with E-state index in [0.717, 1.165) is 12.1 Å². The van der Waals surface area contributed by atoms with Crippen LogP contribution in [0.1, 0.15) is 34.3 Å². The predicted octanol–water partition coefficient (Wildman–Crippen LogP) is 2.42. The van der Waals surface area contributed by atoms with E-state index in [1.165, 1.54) is 19.2 Å². The number of halogens is 3. The number of ketones is 1. The van der Waals surface area contributed by atoms with Gasteiger partial charge >= 0.3 is 13.3 Å². The number of methoxy groups -OCH3 is 1. The lowest BCUT2D eigenvalue weighted by atomic mass is 9.75. The van der Waals surface area contributed by atoms with Crippen LogP contribution in [0.4, 0.5) is 13.2 Å². The van der Waals surface area contributed by atoms with Gasteiger partial charge in [-0.1, -0.05) is 18.2 Å². The number of Topliss-reactive ketones (excluding diaryl/α,β-unsaturated/α-hetero) is 1. The fourth-order valence-corrected chi connectivity index (χ4v) is 2.79. The molecule has 0 radical (unpaired) electrons. The Bertz CT molecular complexity index is 871. The number of carbonyl (C=O) groups excluding carboxylic acids is 2. The zero-order chi connectivity index (χ0) is 22.3. The molecule has 0 aromatic heterocycles. The van der Waals surface area contributed by atoms with Crippen LogP contribution < -0.4 is 10.1 Å². The molecule has 0 aliphatic carbocycles. The SMILES string of the molecule is COc1ccc(C(=O)CCC(=O)N[C@@H](Cc2cccc(C(F)(F)F)c2)B(O)O)cc1. The van der Waals surface area contributed by atoms with Gasteiger partial charge < -0.3 is 20.1 Å². The molecule has 0 fully saturated rings. The van der Waals surface area contributed by atoms with E-state index in [1.807, 2.05) is 0 Å². The van der Waals surface area contributed by atoms with Crippen LogP contribution in [0.5, 0.6) is 5.75 Å². The molecule has 0 aliphatic rings. The summed E-state index contributed by atoms with van der Waals surface area (Å²) in [7, 11) is -0.493. The lowest BCUT2D eigenvalue weighted by molar-refractivity contribution is -0.137. The molecular weight excluding hydrogens is 402 g/mol. The Hall–Kier alpha value is -2.85. The highest BCUT2D eigenvalue weighted by Crippen LogP contribution is 2.29. The lowest BCUT2D eigenvalue weighted by Gasteiger charge is -2.18. The number of ether oxygens (including phenoxy) is 1. The summed E-state index contributed by atoms with van der Waals surface area (Å²) in [5, 5.41) is 21.3. The molecular formula is C20H21BF3NO5. The Labute approximate surface area is 171 Å². The van der Waals surface area contributed by atoms with Gasteiger partial charge in [0.05, 0.1) is 18.6 Å². The third-order valence-electron chi connectivity index (χ3n) is 4.41. The maximum atomic E-state index is 12.8. The number of benzene rings is 2. The van der Waals surface area contributed by atoms with Crippen LogP contribution in [0.3, 0.4) is 0 Å². The fourth-order valence-electron chi connectivity index (χ4n) is 2.79. The van der Waals surface area contributed by atoms with Crippen molar-refractivity contribution in [2.75, 3.05) is 7.11 Å². The van der Waals surface area contributed by atoms with E-state index in [0.29, 0.717) is 11.3 Å². The molecule has 2 aromatic carbocycles. The first-order chi connectivity index (χ1) is 14.1. The van der Waals surface area contributed by atoms with Gasteiger partial charge in [-0.3, -0.25) is 9.59 Å². The van der Waals surface area contributed by atoms with E-state index in [-0.39, 0.29) is 30.6 Å². The zero-order valence-corrected chi connectivity index (χ0v) is 16.1. The normalized spacial score (nSPS) is 12.2. The van der Waals surface area contributed by atoms with E-state index in [9.17, 15) is 32.8 Å². The smallest absolute Gasteiger partial charge is 0.475 e. The number of carbonyl (C=O) groups is 2. The van der Waals surface area contributed by atoms with Crippen LogP contribution in [0.25, 0.3) is 0 Å². The van der Waals surface area contributed by atoms with Crippen molar-refractivity contribution in [3.05, 3.63) is 65.2 Å². The molecule has 30 heavy (non-hydrogen) atoms. The van der Waals surface area contributed by atoms with Crippen molar-refractivity contribution in [1.82, 2.24) is 5.32 Å². The average molecular weight is 423 g/mol. The molecule has 0 aliphatic heterocycles. The van der Waals surface area contributed by atoms with Crippen molar-refractivity contribution < 1.29 is 37.5 Å². The molecule has 0 saturated heterocycles. The summed E-state index contributed by atoms with van der Waals surface area (Å²) in [5.74, 6) is -1.55. The highest BCUT2D eigenvalue weighted by molar-refractivity contribution is 6.43. The first-order valence-electron chi connectivity index (χ1n) is 9.09. The molecule has 2 rings (SSSR count). The van der Waals surface area contributed by atoms with Gasteiger partial charge in [0.1, 0.15) is 5.75 Å². The van der Waals surface area contributed by atoms with Gasteiger partial charge in [0.15, 0.2) is 5.78 Å². The third-order valence-corrected chi connectivity index (χ3v) is 4.41. The second kappa shape index (κ2) is 10.3. The Morgan fingerprint density at radius 1 is 1.10 bits per heavy atom. The van der Waals surface area contributed by atoms with Crippen LogP contribution >= 0.6 is 0 Å². The molecule has 1 atom stereocenters. The van der Waals surface area contributed by atoms with Gasteiger partial charge in [0, 0.05) is 18.4 Å². The number of hydrogen-bond donors (Lipinski definition) is 3. The largest absolute Gasteiger partial charge is 0.497 e. The Morgan fingerprint density at radius 2 is 1.77 bits per heavy atom. The molecule has 0 bridgehead atoms. The summed E-state index contributed by atoms with van der Waals surface area (Å²) in [4.78, 5) is 24.3. The summed E-state index contributed by atoms with van der Waals surface area (Å²) in [6.07, 6.45) is -5.08. The summed E-state index contributed by atoms with van der Waals surface area (Å²) >= 11 is 0. The van der Waals surface area contributed by atoms with E-state index < -0.39 is 30.7 Å². The van der Waals surface area contributed by atoms with Gasteiger partial charge in [-0.25, -0.2) is 0 Å². The minimum absolute atomic E-state index is 0.115. The van der Waals surface area contributed by atoms with Crippen LogP contribution in [0.15, 0.2) is 48.5 Å². The Balaban J connectivity index is 1.94. The first-order valence-corrected chi connectivity index (χ1v) is 9.09. The highest BCUT2D eigenvalue weighted by atomic mass is 19.4. The number of nitrogens with one attached hydrogen (secondary N) is 1. The predicted molar refractivity (Wildman–Crippen MR) is 104 cm³/mol. The molecule has 0 unspecified atom stereocenters. The average Bonchev–Trinajstić information content (AvgIpc) is 2.71. The van der Waals surface area contributed by atoms with Gasteiger partial charge in [-0.15, -0.1) is 0 Å². The van der Waals surface area contributed by atoms with Gasteiger partial charge in [-0.05, 0) is 42.3 Å². The molecule has 10 heteroatoms. The number of hydrogen-bond acceptors (Lipinski definition) is 5. The molecule has 3 N–H and O–H groups in total. The molecule has 6 nitrogen and oxygen atoms in total. The standard InChI is InChI=1S/C20H21BF3NO5/c1-30-16-7-5-14(6-8-16)17(26)9-10-19(27)25-18(21(28)29)12-13-3-2-4-15(11-13)20(22,23)24/h2-8,11,18,28-29H,9-10,12H2,1H3,(H,25,27)/t18-/m0/s1. The number of alkyl halides is 3. The van der Waals surface area contributed by atoms with Crippen molar-refractivity contribution in [2.45, 2.75) is 31.4 Å². The highest BCUT2D eigenvalue weighted by Gasteiger charge is 2.31. The van der Waals surface area contributed by atoms with Crippen molar-refractivity contribution in [1.29, 1.82) is 0 Å². The molecule has 160 valence electrons. The number of rotatable bonds is 9. The van der Waals surface area contributed by atoms with Gasteiger partial charge in [0.2, 0.25) is 5.91 Å². The van der Waals surface area contributed by atoms with Crippen LogP contribution in [0, 0.1) is 0 Å². The minimum Gasteiger partial charge on any atom is -0.497 e. The van der Waals surface area contributed by atoms with E-state index in [2.05, 4.69) is 5.32 Å². The molecule has 2 aromatic rings. The molecule has 0 heterocycles. The minimum atomic E-state index is -4.53. The van der Waals surface area contributed by atoms with Crippen molar-refractivity contribution in [2.24, 2.45) is 0 Å². The van der Waals surface area contributed by atoms with Gasteiger partial charge in [0.25, 0.3) is 0 Å². The maximum Gasteiger partial charge on any atom is 0.475 e. The fraction of sp³-hybridized carbons (Fsp3) is 0.300. The summed E-state index contributed by atoms with van der Waals surface area (Å²) < 4.78 is 43.5.